The van der Waals surface area contributed by atoms with Crippen LogP contribution in [0.2, 0.25) is 0 Å². The first-order valence-corrected chi connectivity index (χ1v) is 11.6. The molecule has 4 aromatic rings. The Balaban J connectivity index is 1.33. The number of nitrogens with zero attached hydrogens (tertiary/aromatic N) is 5. The summed E-state index contributed by atoms with van der Waals surface area (Å²) in [6.45, 7) is -0.171. The molecule has 2 amide bonds. The summed E-state index contributed by atoms with van der Waals surface area (Å²) in [4.78, 5) is 29.5. The van der Waals surface area contributed by atoms with E-state index in [2.05, 4.69) is 30.6 Å². The Bertz CT molecular complexity index is 1380. The molecule has 1 aliphatic heterocycles. The number of benzene rings is 1. The molecule has 192 valence electrons. The van der Waals surface area contributed by atoms with Crippen LogP contribution in [-0.4, -0.2) is 76.9 Å². The van der Waals surface area contributed by atoms with Gasteiger partial charge in [-0.3, -0.25) is 4.98 Å². The van der Waals surface area contributed by atoms with Crippen molar-refractivity contribution in [2.45, 2.75) is 37.4 Å². The van der Waals surface area contributed by atoms with Gasteiger partial charge in [0.15, 0.2) is 17.3 Å². The van der Waals surface area contributed by atoms with E-state index in [0.29, 0.717) is 33.9 Å². The Kier molecular flexibility index (Phi) is 6.92. The van der Waals surface area contributed by atoms with Crippen LogP contribution in [0.3, 0.4) is 0 Å². The average molecular weight is 507 g/mol. The minimum Gasteiger partial charge on any atom is -0.394 e. The molecule has 1 fully saturated rings. The van der Waals surface area contributed by atoms with Gasteiger partial charge in [-0.1, -0.05) is 0 Å². The number of rotatable bonds is 6. The smallest absolute Gasteiger partial charge is 0.323 e. The summed E-state index contributed by atoms with van der Waals surface area (Å²) < 4.78 is 7.38. The lowest BCUT2D eigenvalue weighted by molar-refractivity contribution is -0.182. The van der Waals surface area contributed by atoms with Gasteiger partial charge < -0.3 is 41.0 Å². The first-order chi connectivity index (χ1) is 17.9. The van der Waals surface area contributed by atoms with Crippen molar-refractivity contribution in [3.05, 3.63) is 55.1 Å². The first kappa shape index (κ1) is 24.5. The number of nitrogen functional groups attached to an aromatic ring is 1. The molecular formula is C24H26N8O5. The van der Waals surface area contributed by atoms with Gasteiger partial charge in [0.25, 0.3) is 0 Å². The van der Waals surface area contributed by atoms with Gasteiger partial charge in [0.1, 0.15) is 17.7 Å². The second-order valence-electron chi connectivity index (χ2n) is 8.67. The van der Waals surface area contributed by atoms with Crippen LogP contribution in [0.25, 0.3) is 22.6 Å². The van der Waals surface area contributed by atoms with Gasteiger partial charge in [0.05, 0.1) is 43.6 Å². The van der Waals surface area contributed by atoms with Gasteiger partial charge in [-0.15, -0.1) is 0 Å². The third kappa shape index (κ3) is 5.34. The summed E-state index contributed by atoms with van der Waals surface area (Å²) in [5.41, 5.74) is 8.80. The number of pyridine rings is 1. The highest BCUT2D eigenvalue weighted by Crippen LogP contribution is 2.26. The number of aliphatic hydroxyl groups excluding tert-OH is 3. The number of hydrogen-bond donors (Lipinski definition) is 6. The van der Waals surface area contributed by atoms with Crippen molar-refractivity contribution >= 4 is 34.4 Å². The maximum Gasteiger partial charge on any atom is 0.323 e. The Morgan fingerprint density at radius 1 is 1.08 bits per heavy atom. The number of urea groups is 1. The van der Waals surface area contributed by atoms with Crippen molar-refractivity contribution in [3.63, 3.8) is 0 Å². The number of amides is 2. The highest BCUT2D eigenvalue weighted by atomic mass is 16.5. The molecule has 0 spiro atoms. The fourth-order valence-electron chi connectivity index (χ4n) is 4.14. The molecule has 4 heterocycles. The second-order valence-corrected chi connectivity index (χ2v) is 8.67. The van der Waals surface area contributed by atoms with Gasteiger partial charge in [-0.25, -0.2) is 19.7 Å². The molecule has 5 rings (SSSR count). The molecule has 7 N–H and O–H groups in total. The van der Waals surface area contributed by atoms with Crippen LogP contribution in [0.1, 0.15) is 6.42 Å². The number of aliphatic hydroxyl groups is 3. The van der Waals surface area contributed by atoms with E-state index < -0.39 is 30.4 Å². The Labute approximate surface area is 211 Å². The largest absolute Gasteiger partial charge is 0.394 e. The van der Waals surface area contributed by atoms with Crippen molar-refractivity contribution < 1.29 is 24.9 Å². The minimum absolute atomic E-state index is 0.0888. The van der Waals surface area contributed by atoms with Crippen LogP contribution in [-0.2, 0) is 11.3 Å². The van der Waals surface area contributed by atoms with E-state index >= 15 is 0 Å². The number of nitrogens with two attached hydrogens (primary N) is 1. The van der Waals surface area contributed by atoms with Gasteiger partial charge in [-0.2, -0.15) is 0 Å². The quantitative estimate of drug-likeness (QED) is 0.219. The van der Waals surface area contributed by atoms with Crippen molar-refractivity contribution in [3.8, 4) is 11.4 Å². The van der Waals surface area contributed by atoms with E-state index in [1.54, 1.807) is 53.4 Å². The number of imidazole rings is 1. The fraction of sp³-hybridized carbons (Fsp3) is 0.292. The normalized spacial score (nSPS) is 21.6. The van der Waals surface area contributed by atoms with Crippen LogP contribution in [0.5, 0.6) is 0 Å². The Morgan fingerprint density at radius 2 is 1.84 bits per heavy atom. The zero-order valence-electron chi connectivity index (χ0n) is 19.6. The number of carbonyl (C=O) groups is 1. The second kappa shape index (κ2) is 10.4. The number of hydrogen-bond acceptors (Lipinski definition) is 10. The summed E-state index contributed by atoms with van der Waals surface area (Å²) in [5.74, 6) is 0.539. The molecular weight excluding hydrogens is 480 g/mol. The Morgan fingerprint density at radius 3 is 2.57 bits per heavy atom. The molecule has 13 heteroatoms. The molecule has 13 nitrogen and oxygen atoms in total. The average Bonchev–Trinajstić information content (AvgIpc) is 3.30. The van der Waals surface area contributed by atoms with E-state index in [9.17, 15) is 20.1 Å². The maximum atomic E-state index is 12.2. The van der Waals surface area contributed by atoms with Crippen molar-refractivity contribution in [1.82, 2.24) is 24.5 Å². The first-order valence-electron chi connectivity index (χ1n) is 11.6. The number of carbonyl (C=O) groups excluding carboxylic acids is 1. The van der Waals surface area contributed by atoms with Crippen molar-refractivity contribution in [2.24, 2.45) is 0 Å². The summed E-state index contributed by atoms with van der Waals surface area (Å²) in [5, 5.41) is 35.2. The molecule has 1 aromatic carbocycles. The van der Waals surface area contributed by atoms with E-state index in [1.807, 2.05) is 0 Å². The van der Waals surface area contributed by atoms with E-state index in [0.717, 1.165) is 0 Å². The zero-order chi connectivity index (χ0) is 25.9. The van der Waals surface area contributed by atoms with E-state index in [-0.39, 0.29) is 25.4 Å². The lowest BCUT2D eigenvalue weighted by atomic mass is 9.98. The van der Waals surface area contributed by atoms with Gasteiger partial charge in [0, 0.05) is 23.9 Å². The number of fused-ring (bicyclic) bond motifs is 1. The van der Waals surface area contributed by atoms with Crippen LogP contribution in [0, 0.1) is 0 Å². The molecule has 37 heavy (non-hydrogen) atoms. The van der Waals surface area contributed by atoms with Crippen molar-refractivity contribution in [1.29, 1.82) is 0 Å². The van der Waals surface area contributed by atoms with Crippen molar-refractivity contribution in [2.75, 3.05) is 23.0 Å². The molecule has 0 radical (unpaired) electrons. The number of anilines is 3. The third-order valence-electron chi connectivity index (χ3n) is 6.06. The number of nitrogens with one attached hydrogen (secondary N) is 2. The highest BCUT2D eigenvalue weighted by Gasteiger charge is 2.36. The lowest BCUT2D eigenvalue weighted by Crippen LogP contribution is -2.50. The van der Waals surface area contributed by atoms with E-state index in [4.69, 9.17) is 10.5 Å². The molecule has 4 atom stereocenters. The molecule has 3 aromatic heterocycles. The molecule has 1 aliphatic rings. The highest BCUT2D eigenvalue weighted by molar-refractivity contribution is 5.99. The number of aromatic nitrogens is 5. The standard InChI is InChI=1S/C24H26N8O5/c25-21-20-23(32(12-27-20)10-18-16(34)8-17(35)19(11-33)37-18)31-22(30-21)13-3-5-14(6-4-13)28-24(36)29-15-2-1-7-26-9-15/h1-7,9,12,16-19,33-35H,8,10-11H2,(H2,25,30,31)(H2,28,29,36)/t16-,17?,18-,19+/m0/s1. The van der Waals surface area contributed by atoms with Crippen LogP contribution >= 0.6 is 0 Å². The minimum atomic E-state index is -0.945. The van der Waals surface area contributed by atoms with Crippen LogP contribution in [0.15, 0.2) is 55.1 Å². The monoisotopic (exact) mass is 506 g/mol. The van der Waals surface area contributed by atoms with Gasteiger partial charge in [-0.05, 0) is 36.4 Å². The predicted octanol–water partition coefficient (Wildman–Crippen LogP) is 0.986. The van der Waals surface area contributed by atoms with Gasteiger partial charge >= 0.3 is 6.03 Å². The Hall–Kier alpha value is -4.17. The number of ether oxygens (including phenoxy) is 1. The van der Waals surface area contributed by atoms with Gasteiger partial charge in [0.2, 0.25) is 0 Å². The fourth-order valence-corrected chi connectivity index (χ4v) is 4.14. The topological polar surface area (TPSA) is 194 Å². The lowest BCUT2D eigenvalue weighted by Gasteiger charge is -2.36. The molecule has 1 unspecified atom stereocenters. The summed E-state index contributed by atoms with van der Waals surface area (Å²) in [7, 11) is 0. The molecule has 0 bridgehead atoms. The summed E-state index contributed by atoms with van der Waals surface area (Å²) in [6, 6.07) is 9.98. The van der Waals surface area contributed by atoms with E-state index in [1.165, 1.54) is 6.33 Å². The predicted molar refractivity (Wildman–Crippen MR) is 134 cm³/mol. The van der Waals surface area contributed by atoms with Crippen LogP contribution in [0.4, 0.5) is 22.0 Å². The van der Waals surface area contributed by atoms with Crippen LogP contribution < -0.4 is 16.4 Å². The SMILES string of the molecule is Nc1nc(-c2ccc(NC(=O)Nc3cccnc3)cc2)nc2c1ncn2C[C@@H]1O[C@H](CO)C(O)C[C@@H]1O. The molecule has 0 saturated carbocycles. The summed E-state index contributed by atoms with van der Waals surface area (Å²) in [6.07, 6.45) is 1.45. The zero-order valence-corrected chi connectivity index (χ0v) is 19.6. The third-order valence-corrected chi connectivity index (χ3v) is 6.06. The molecule has 0 aliphatic carbocycles. The summed E-state index contributed by atoms with van der Waals surface area (Å²) >= 11 is 0. The molecule has 1 saturated heterocycles. The maximum absolute atomic E-state index is 12.2.